The third kappa shape index (κ3) is 5.62. The highest BCUT2D eigenvalue weighted by molar-refractivity contribution is 5.76. The van der Waals surface area contributed by atoms with Gasteiger partial charge in [-0.25, -0.2) is 13.6 Å². The molecule has 0 bridgehead atoms. The van der Waals surface area contributed by atoms with E-state index in [1.54, 1.807) is 60.3 Å². The topological polar surface area (TPSA) is 59.1 Å². The van der Waals surface area contributed by atoms with Gasteiger partial charge in [-0.1, -0.05) is 0 Å². The molecule has 174 valence electrons. The minimum Gasteiger partial charge on any atom is -0.460 e. The fraction of sp³-hybridized carbons (Fsp3) is 0.909. The van der Waals surface area contributed by atoms with Crippen molar-refractivity contribution in [3.05, 3.63) is 0 Å². The Hall–Kier alpha value is -1.44. The Balaban J connectivity index is 2.12. The van der Waals surface area contributed by atoms with Crippen LogP contribution in [0.2, 0.25) is 0 Å². The molecule has 2 saturated heterocycles. The van der Waals surface area contributed by atoms with Crippen LogP contribution in [0.1, 0.15) is 75.2 Å². The van der Waals surface area contributed by atoms with E-state index in [2.05, 4.69) is 0 Å². The normalized spacial score (nSPS) is 27.2. The number of carbonyl (C=O) groups is 2. The minimum absolute atomic E-state index is 0.134. The average molecular weight is 433 g/mol. The molecule has 1 unspecified atom stereocenters. The van der Waals surface area contributed by atoms with Crippen molar-refractivity contribution < 1.29 is 27.8 Å². The Morgan fingerprint density at radius 1 is 1.00 bits per heavy atom. The lowest BCUT2D eigenvalue weighted by molar-refractivity contribution is -0.166. The molecular formula is C22H38F2N2O4. The predicted molar refractivity (Wildman–Crippen MR) is 110 cm³/mol. The maximum absolute atomic E-state index is 15.0. The monoisotopic (exact) mass is 432 g/mol. The van der Waals surface area contributed by atoms with Crippen LogP contribution in [0.4, 0.5) is 13.6 Å². The van der Waals surface area contributed by atoms with E-state index in [4.69, 9.17) is 9.47 Å². The number of amides is 1. The quantitative estimate of drug-likeness (QED) is 0.614. The summed E-state index contributed by atoms with van der Waals surface area (Å²) in [6, 6.07) is -1.81. The van der Waals surface area contributed by atoms with Gasteiger partial charge < -0.3 is 9.47 Å². The molecule has 0 N–H and O–H groups in total. The molecule has 0 aromatic rings. The van der Waals surface area contributed by atoms with Crippen LogP contribution in [-0.2, 0) is 14.3 Å². The van der Waals surface area contributed by atoms with Gasteiger partial charge in [-0.15, -0.1) is 0 Å². The number of likely N-dealkylation sites (tertiary alicyclic amines) is 2. The van der Waals surface area contributed by atoms with Gasteiger partial charge in [0, 0.05) is 12.6 Å². The number of rotatable bonds is 4. The minimum atomic E-state index is -3.04. The molecular weight excluding hydrogens is 394 g/mol. The van der Waals surface area contributed by atoms with Gasteiger partial charge in [0.2, 0.25) is 0 Å². The highest BCUT2D eigenvalue weighted by Crippen LogP contribution is 2.45. The first kappa shape index (κ1) is 24.8. The van der Waals surface area contributed by atoms with E-state index in [0.717, 1.165) is 0 Å². The van der Waals surface area contributed by atoms with Crippen LogP contribution >= 0.6 is 0 Å². The Labute approximate surface area is 179 Å². The standard InChI is InChI=1S/C22H38F2N2O4/c1-14-12-15-16(22(23,24)13-26(15)18(28)30-20(5,6)7)25(14)11-10-21(8,9)17(27)29-19(2,3)4/h14-16H,10-13H2,1-9H3/t14?,15-,16+/m0/s1. The molecule has 0 radical (unpaired) electrons. The first-order valence-corrected chi connectivity index (χ1v) is 10.7. The highest BCUT2D eigenvalue weighted by atomic mass is 19.3. The van der Waals surface area contributed by atoms with Gasteiger partial charge in [0.1, 0.15) is 11.2 Å². The summed E-state index contributed by atoms with van der Waals surface area (Å²) in [6.07, 6.45) is 0.141. The molecule has 2 heterocycles. The summed E-state index contributed by atoms with van der Waals surface area (Å²) in [7, 11) is 0. The van der Waals surface area contributed by atoms with Gasteiger partial charge in [-0.3, -0.25) is 14.6 Å². The van der Waals surface area contributed by atoms with Crippen molar-refractivity contribution in [2.24, 2.45) is 5.41 Å². The van der Waals surface area contributed by atoms with Crippen LogP contribution in [0.5, 0.6) is 0 Å². The molecule has 2 rings (SSSR count). The lowest BCUT2D eigenvalue weighted by atomic mass is 9.88. The zero-order chi connectivity index (χ0) is 23.3. The summed E-state index contributed by atoms with van der Waals surface area (Å²) >= 11 is 0. The van der Waals surface area contributed by atoms with Crippen LogP contribution in [0.15, 0.2) is 0 Å². The molecule has 0 aromatic carbocycles. The van der Waals surface area contributed by atoms with Crippen molar-refractivity contribution >= 4 is 12.1 Å². The molecule has 3 atom stereocenters. The number of alkyl halides is 2. The van der Waals surface area contributed by atoms with Crippen molar-refractivity contribution in [1.82, 2.24) is 9.80 Å². The van der Waals surface area contributed by atoms with E-state index < -0.39 is 47.3 Å². The van der Waals surface area contributed by atoms with Gasteiger partial charge in [0.15, 0.2) is 0 Å². The van der Waals surface area contributed by atoms with E-state index in [1.165, 1.54) is 4.90 Å². The van der Waals surface area contributed by atoms with Gasteiger partial charge in [-0.2, -0.15) is 0 Å². The number of halogens is 2. The average Bonchev–Trinajstić information content (AvgIpc) is 2.96. The number of hydrogen-bond donors (Lipinski definition) is 0. The van der Waals surface area contributed by atoms with E-state index in [0.29, 0.717) is 19.4 Å². The van der Waals surface area contributed by atoms with Crippen molar-refractivity contribution in [2.75, 3.05) is 13.1 Å². The van der Waals surface area contributed by atoms with Crippen LogP contribution in [-0.4, -0.2) is 70.2 Å². The smallest absolute Gasteiger partial charge is 0.410 e. The molecule has 8 heteroatoms. The second-order valence-electron chi connectivity index (χ2n) is 11.3. The van der Waals surface area contributed by atoms with Crippen molar-refractivity contribution in [3.8, 4) is 0 Å². The van der Waals surface area contributed by atoms with E-state index >= 15 is 0 Å². The number of fused-ring (bicyclic) bond motifs is 1. The third-order valence-corrected chi connectivity index (χ3v) is 5.66. The zero-order valence-electron chi connectivity index (χ0n) is 19.8. The van der Waals surface area contributed by atoms with Gasteiger partial charge in [0.05, 0.1) is 24.0 Å². The van der Waals surface area contributed by atoms with E-state index in [1.807, 2.05) is 6.92 Å². The van der Waals surface area contributed by atoms with E-state index in [-0.39, 0.29) is 12.0 Å². The Kier molecular flexibility index (Phi) is 6.55. The predicted octanol–water partition coefficient (Wildman–Crippen LogP) is 4.46. The molecule has 2 aliphatic heterocycles. The molecule has 0 aliphatic carbocycles. The first-order chi connectivity index (χ1) is 13.3. The summed E-state index contributed by atoms with van der Waals surface area (Å²) in [5.74, 6) is -3.38. The third-order valence-electron chi connectivity index (χ3n) is 5.66. The number of carbonyl (C=O) groups excluding carboxylic acids is 2. The summed E-state index contributed by atoms with van der Waals surface area (Å²) in [4.78, 5) is 28.0. The van der Waals surface area contributed by atoms with Crippen LogP contribution < -0.4 is 0 Å². The number of hydrogen-bond acceptors (Lipinski definition) is 5. The van der Waals surface area contributed by atoms with Gasteiger partial charge >= 0.3 is 12.1 Å². The zero-order valence-corrected chi connectivity index (χ0v) is 19.8. The Morgan fingerprint density at radius 2 is 1.53 bits per heavy atom. The number of nitrogens with zero attached hydrogens (tertiary/aromatic N) is 2. The maximum Gasteiger partial charge on any atom is 0.410 e. The molecule has 0 spiro atoms. The summed E-state index contributed by atoms with van der Waals surface area (Å²) < 4.78 is 40.8. The first-order valence-electron chi connectivity index (χ1n) is 10.7. The lowest BCUT2D eigenvalue weighted by Crippen LogP contribution is -2.48. The second kappa shape index (κ2) is 7.92. The molecule has 6 nitrogen and oxygen atoms in total. The second-order valence-corrected chi connectivity index (χ2v) is 11.3. The van der Waals surface area contributed by atoms with Crippen LogP contribution in [0.3, 0.4) is 0 Å². The summed E-state index contributed by atoms with van der Waals surface area (Å²) in [6.45, 7) is 15.7. The maximum atomic E-state index is 15.0. The van der Waals surface area contributed by atoms with Crippen LogP contribution in [0, 0.1) is 5.41 Å². The van der Waals surface area contributed by atoms with Crippen LogP contribution in [0.25, 0.3) is 0 Å². The largest absolute Gasteiger partial charge is 0.460 e. The Bertz CT molecular complexity index is 667. The summed E-state index contributed by atoms with van der Waals surface area (Å²) in [5.41, 5.74) is -2.15. The fourth-order valence-corrected chi connectivity index (χ4v) is 4.18. The highest BCUT2D eigenvalue weighted by Gasteiger charge is 2.63. The van der Waals surface area contributed by atoms with Gasteiger partial charge in [-0.05, 0) is 75.2 Å². The molecule has 0 saturated carbocycles. The van der Waals surface area contributed by atoms with Crippen molar-refractivity contribution in [1.29, 1.82) is 0 Å². The summed E-state index contributed by atoms with van der Waals surface area (Å²) in [5, 5.41) is 0. The van der Waals surface area contributed by atoms with E-state index in [9.17, 15) is 18.4 Å². The van der Waals surface area contributed by atoms with Crippen molar-refractivity contribution in [2.45, 2.75) is 110 Å². The van der Waals surface area contributed by atoms with Gasteiger partial charge in [0.25, 0.3) is 5.92 Å². The Morgan fingerprint density at radius 3 is 2.03 bits per heavy atom. The SMILES string of the molecule is CC1C[C@H]2[C@@H](N1CCC(C)(C)C(=O)OC(C)(C)C)C(F)(F)CN2C(=O)OC(C)(C)C. The number of ether oxygens (including phenoxy) is 2. The fourth-order valence-electron chi connectivity index (χ4n) is 4.18. The molecule has 2 fully saturated rings. The van der Waals surface area contributed by atoms with Crippen molar-refractivity contribution in [3.63, 3.8) is 0 Å². The molecule has 30 heavy (non-hydrogen) atoms. The number of esters is 1. The lowest BCUT2D eigenvalue weighted by Gasteiger charge is -2.34. The molecule has 0 aromatic heterocycles. The molecule has 1 amide bonds. The molecule has 2 aliphatic rings.